The summed E-state index contributed by atoms with van der Waals surface area (Å²) < 4.78 is 0. The van der Waals surface area contributed by atoms with Crippen LogP contribution >= 0.6 is 0 Å². The Morgan fingerprint density at radius 3 is 2.88 bits per heavy atom. The molecule has 0 radical (unpaired) electrons. The van der Waals surface area contributed by atoms with Crippen molar-refractivity contribution in [1.82, 2.24) is 20.2 Å². The average Bonchev–Trinajstić information content (AvgIpc) is 2.88. The standard InChI is InChI=1S/C20H30N6/c1-25(2)14-12-21-19-10-11-22-20(24-19)26-13-6-9-18(23-16-26)15-17-7-4-3-5-8-17/h3-5,7-8,10-11,18,23H,6,9,12-16H2,1-2H3,(H,21,22,24). The SMILES string of the molecule is CN(C)CCNc1ccnc(N2CCCC(Cc3ccccc3)NC2)n1. The van der Waals surface area contributed by atoms with Gasteiger partial charge in [-0.25, -0.2) is 4.98 Å². The third-order valence-corrected chi connectivity index (χ3v) is 4.67. The van der Waals surface area contributed by atoms with E-state index >= 15 is 0 Å². The van der Waals surface area contributed by atoms with Crippen LogP contribution in [0.2, 0.25) is 0 Å². The zero-order valence-electron chi connectivity index (χ0n) is 15.9. The third kappa shape index (κ3) is 5.68. The second-order valence-corrected chi connectivity index (χ2v) is 7.13. The van der Waals surface area contributed by atoms with Crippen molar-refractivity contribution in [2.45, 2.75) is 25.3 Å². The van der Waals surface area contributed by atoms with Gasteiger partial charge in [-0.15, -0.1) is 0 Å². The first kappa shape index (κ1) is 18.6. The van der Waals surface area contributed by atoms with Gasteiger partial charge in [0, 0.05) is 31.9 Å². The predicted molar refractivity (Wildman–Crippen MR) is 108 cm³/mol. The van der Waals surface area contributed by atoms with E-state index in [2.05, 4.69) is 74.8 Å². The van der Waals surface area contributed by atoms with Gasteiger partial charge in [-0.3, -0.25) is 5.32 Å². The summed E-state index contributed by atoms with van der Waals surface area (Å²) in [6.45, 7) is 3.63. The molecule has 2 aromatic rings. The highest BCUT2D eigenvalue weighted by molar-refractivity contribution is 5.41. The van der Waals surface area contributed by atoms with E-state index in [0.29, 0.717) is 6.04 Å². The number of nitrogens with zero attached hydrogens (tertiary/aromatic N) is 4. The average molecular weight is 355 g/mol. The first-order valence-electron chi connectivity index (χ1n) is 9.44. The minimum Gasteiger partial charge on any atom is -0.369 e. The Morgan fingerprint density at radius 1 is 1.23 bits per heavy atom. The predicted octanol–water partition coefficient (Wildman–Crippen LogP) is 2.21. The van der Waals surface area contributed by atoms with Gasteiger partial charge in [0.2, 0.25) is 5.95 Å². The number of benzene rings is 1. The number of nitrogens with one attached hydrogen (secondary N) is 2. The van der Waals surface area contributed by atoms with Crippen molar-refractivity contribution in [2.75, 3.05) is 50.6 Å². The lowest BCUT2D eigenvalue weighted by molar-refractivity contribution is 0.425. The Bertz CT molecular complexity index is 660. The quantitative estimate of drug-likeness (QED) is 0.795. The molecule has 0 amide bonds. The summed E-state index contributed by atoms with van der Waals surface area (Å²) in [5, 5.41) is 7.05. The maximum absolute atomic E-state index is 4.69. The minimum absolute atomic E-state index is 0.504. The molecule has 1 unspecified atom stereocenters. The smallest absolute Gasteiger partial charge is 0.228 e. The van der Waals surface area contributed by atoms with Gasteiger partial charge in [-0.1, -0.05) is 30.3 Å². The highest BCUT2D eigenvalue weighted by Gasteiger charge is 2.18. The molecule has 0 bridgehead atoms. The summed E-state index contributed by atoms with van der Waals surface area (Å²) in [6, 6.07) is 13.1. The second-order valence-electron chi connectivity index (χ2n) is 7.13. The van der Waals surface area contributed by atoms with Crippen LogP contribution in [0.3, 0.4) is 0 Å². The lowest BCUT2D eigenvalue weighted by atomic mass is 10.0. The Balaban J connectivity index is 1.55. The van der Waals surface area contributed by atoms with E-state index < -0.39 is 0 Å². The van der Waals surface area contributed by atoms with Crippen LogP contribution in [0.4, 0.5) is 11.8 Å². The molecular formula is C20H30N6. The summed E-state index contributed by atoms with van der Waals surface area (Å²) in [7, 11) is 4.14. The van der Waals surface area contributed by atoms with Crippen molar-refractivity contribution >= 4 is 11.8 Å². The number of likely N-dealkylation sites (N-methyl/N-ethyl adjacent to an activating group) is 1. The molecule has 1 aromatic carbocycles. The molecule has 2 N–H and O–H groups in total. The molecule has 0 spiro atoms. The van der Waals surface area contributed by atoms with Gasteiger partial charge in [0.15, 0.2) is 0 Å². The van der Waals surface area contributed by atoms with Crippen LogP contribution in [-0.4, -0.2) is 61.3 Å². The Labute approximate surface area is 156 Å². The maximum Gasteiger partial charge on any atom is 0.228 e. The van der Waals surface area contributed by atoms with Crippen LogP contribution in [0.5, 0.6) is 0 Å². The van der Waals surface area contributed by atoms with Gasteiger partial charge in [0.1, 0.15) is 5.82 Å². The summed E-state index contributed by atoms with van der Waals surface area (Å²) in [6.07, 6.45) is 5.23. The molecule has 0 aliphatic carbocycles. The first-order chi connectivity index (χ1) is 12.7. The molecule has 2 heterocycles. The summed E-state index contributed by atoms with van der Waals surface area (Å²) in [5.41, 5.74) is 1.39. The van der Waals surface area contributed by atoms with E-state index in [1.165, 1.54) is 12.0 Å². The van der Waals surface area contributed by atoms with Gasteiger partial charge in [-0.05, 0) is 45.0 Å². The number of rotatable bonds is 7. The Morgan fingerprint density at radius 2 is 2.08 bits per heavy atom. The first-order valence-corrected chi connectivity index (χ1v) is 9.44. The largest absolute Gasteiger partial charge is 0.369 e. The van der Waals surface area contributed by atoms with Crippen LogP contribution in [0.15, 0.2) is 42.6 Å². The summed E-state index contributed by atoms with van der Waals surface area (Å²) in [5.74, 6) is 1.69. The Kier molecular flexibility index (Phi) is 6.80. The van der Waals surface area contributed by atoms with Crippen molar-refractivity contribution in [3.63, 3.8) is 0 Å². The fourth-order valence-electron chi connectivity index (χ4n) is 3.20. The molecule has 1 aliphatic heterocycles. The molecule has 1 aromatic heterocycles. The molecular weight excluding hydrogens is 324 g/mol. The van der Waals surface area contributed by atoms with Crippen LogP contribution < -0.4 is 15.5 Å². The second kappa shape index (κ2) is 9.50. The van der Waals surface area contributed by atoms with Crippen molar-refractivity contribution in [3.05, 3.63) is 48.2 Å². The van der Waals surface area contributed by atoms with Crippen molar-refractivity contribution in [3.8, 4) is 0 Å². The zero-order chi connectivity index (χ0) is 18.2. The van der Waals surface area contributed by atoms with E-state index in [4.69, 9.17) is 0 Å². The van der Waals surface area contributed by atoms with E-state index in [-0.39, 0.29) is 0 Å². The van der Waals surface area contributed by atoms with Gasteiger partial charge in [-0.2, -0.15) is 4.98 Å². The molecule has 0 saturated carbocycles. The zero-order valence-corrected chi connectivity index (χ0v) is 15.9. The van der Waals surface area contributed by atoms with Crippen molar-refractivity contribution < 1.29 is 0 Å². The van der Waals surface area contributed by atoms with Crippen molar-refractivity contribution in [1.29, 1.82) is 0 Å². The topological polar surface area (TPSA) is 56.3 Å². The van der Waals surface area contributed by atoms with Gasteiger partial charge < -0.3 is 15.1 Å². The molecule has 3 rings (SSSR count). The number of hydrogen-bond donors (Lipinski definition) is 2. The highest BCUT2D eigenvalue weighted by Crippen LogP contribution is 2.16. The van der Waals surface area contributed by atoms with Crippen molar-refractivity contribution in [2.24, 2.45) is 0 Å². The fraction of sp³-hybridized carbons (Fsp3) is 0.500. The molecule has 140 valence electrons. The molecule has 1 aliphatic rings. The molecule has 6 heteroatoms. The molecule has 1 saturated heterocycles. The van der Waals surface area contributed by atoms with Crippen LogP contribution in [0.25, 0.3) is 0 Å². The molecule has 26 heavy (non-hydrogen) atoms. The minimum atomic E-state index is 0.504. The van der Waals surface area contributed by atoms with Crippen LogP contribution in [-0.2, 0) is 6.42 Å². The Hall–Kier alpha value is -2.18. The highest BCUT2D eigenvalue weighted by atomic mass is 15.3. The maximum atomic E-state index is 4.69. The van der Waals surface area contributed by atoms with Gasteiger partial charge >= 0.3 is 0 Å². The van der Waals surface area contributed by atoms with Crippen LogP contribution in [0.1, 0.15) is 18.4 Å². The van der Waals surface area contributed by atoms with E-state index in [1.807, 2.05) is 12.3 Å². The lowest BCUT2D eigenvalue weighted by Crippen LogP contribution is -2.38. The van der Waals surface area contributed by atoms with Gasteiger partial charge in [0.05, 0.1) is 6.67 Å². The number of hydrogen-bond acceptors (Lipinski definition) is 6. The van der Waals surface area contributed by atoms with Gasteiger partial charge in [0.25, 0.3) is 0 Å². The number of aromatic nitrogens is 2. The van der Waals surface area contributed by atoms with E-state index in [9.17, 15) is 0 Å². The fourth-order valence-corrected chi connectivity index (χ4v) is 3.20. The lowest BCUT2D eigenvalue weighted by Gasteiger charge is -2.22. The van der Waals surface area contributed by atoms with Crippen LogP contribution in [0, 0.1) is 0 Å². The monoisotopic (exact) mass is 354 g/mol. The van der Waals surface area contributed by atoms with E-state index in [1.54, 1.807) is 0 Å². The molecule has 6 nitrogen and oxygen atoms in total. The molecule has 1 atom stereocenters. The normalized spacial score (nSPS) is 18.0. The number of anilines is 2. The van der Waals surface area contributed by atoms with E-state index in [0.717, 1.165) is 50.9 Å². The summed E-state index contributed by atoms with van der Waals surface area (Å²) in [4.78, 5) is 13.6. The third-order valence-electron chi connectivity index (χ3n) is 4.67. The molecule has 1 fully saturated rings. The summed E-state index contributed by atoms with van der Waals surface area (Å²) >= 11 is 0.